The van der Waals surface area contributed by atoms with Crippen molar-refractivity contribution in [3.8, 4) is 22.9 Å². The van der Waals surface area contributed by atoms with Gasteiger partial charge in [0.25, 0.3) is 0 Å². The number of methoxy groups -OCH3 is 1. The molecular formula is C15H20N4O3. The molecule has 0 amide bonds. The normalized spacial score (nSPS) is 18.2. The Morgan fingerprint density at radius 2 is 2.32 bits per heavy atom. The summed E-state index contributed by atoms with van der Waals surface area (Å²) in [4.78, 5) is 4.23. The molecule has 7 nitrogen and oxygen atoms in total. The van der Waals surface area contributed by atoms with Gasteiger partial charge in [0.15, 0.2) is 11.5 Å². The summed E-state index contributed by atoms with van der Waals surface area (Å²) < 4.78 is 16.5. The second-order valence-electron chi connectivity index (χ2n) is 5.17. The molecule has 2 heterocycles. The second-order valence-corrected chi connectivity index (χ2v) is 5.17. The van der Waals surface area contributed by atoms with E-state index in [4.69, 9.17) is 19.7 Å². The zero-order valence-corrected chi connectivity index (χ0v) is 12.5. The van der Waals surface area contributed by atoms with Crippen molar-refractivity contribution in [2.45, 2.75) is 25.5 Å². The molecular weight excluding hydrogens is 284 g/mol. The van der Waals surface area contributed by atoms with E-state index in [0.29, 0.717) is 23.2 Å². The van der Waals surface area contributed by atoms with E-state index in [0.717, 1.165) is 31.5 Å². The van der Waals surface area contributed by atoms with Gasteiger partial charge in [-0.25, -0.2) is 0 Å². The highest BCUT2D eigenvalue weighted by molar-refractivity contribution is 5.60. The summed E-state index contributed by atoms with van der Waals surface area (Å²) in [6, 6.07) is 5.59. The van der Waals surface area contributed by atoms with Crippen molar-refractivity contribution in [2.24, 2.45) is 5.73 Å². The summed E-state index contributed by atoms with van der Waals surface area (Å²) in [7, 11) is 1.63. The van der Waals surface area contributed by atoms with E-state index in [2.05, 4.69) is 15.5 Å². The van der Waals surface area contributed by atoms with Crippen LogP contribution in [0.5, 0.6) is 11.5 Å². The van der Waals surface area contributed by atoms with Crippen LogP contribution in [0, 0.1) is 0 Å². The van der Waals surface area contributed by atoms with Crippen molar-refractivity contribution in [1.82, 2.24) is 15.5 Å². The fourth-order valence-corrected chi connectivity index (χ4v) is 2.46. The van der Waals surface area contributed by atoms with Crippen LogP contribution in [0.15, 0.2) is 22.7 Å². The second kappa shape index (κ2) is 6.76. The molecule has 0 spiro atoms. The lowest BCUT2D eigenvalue weighted by molar-refractivity contribution is 0.161. The predicted octanol–water partition coefficient (Wildman–Crippen LogP) is 1.33. The van der Waals surface area contributed by atoms with Crippen molar-refractivity contribution in [3.63, 3.8) is 0 Å². The Morgan fingerprint density at radius 1 is 1.41 bits per heavy atom. The van der Waals surface area contributed by atoms with Crippen LogP contribution < -0.4 is 20.5 Å². The third-order valence-electron chi connectivity index (χ3n) is 3.61. The largest absolute Gasteiger partial charge is 0.493 e. The molecule has 7 heteroatoms. The molecule has 2 aromatic rings. The number of ether oxygens (including phenoxy) is 2. The average molecular weight is 304 g/mol. The maximum atomic E-state index is 6.07. The topological polar surface area (TPSA) is 95.4 Å². The average Bonchev–Trinajstić information content (AvgIpc) is 3.05. The van der Waals surface area contributed by atoms with E-state index in [1.165, 1.54) is 0 Å². The minimum Gasteiger partial charge on any atom is -0.493 e. The van der Waals surface area contributed by atoms with Crippen LogP contribution in [0.4, 0.5) is 0 Å². The highest BCUT2D eigenvalue weighted by Crippen LogP contribution is 2.33. The van der Waals surface area contributed by atoms with Crippen LogP contribution in [0.1, 0.15) is 18.7 Å². The molecule has 1 fully saturated rings. The van der Waals surface area contributed by atoms with Crippen molar-refractivity contribution in [3.05, 3.63) is 24.1 Å². The van der Waals surface area contributed by atoms with E-state index in [1.54, 1.807) is 7.11 Å². The lowest BCUT2D eigenvalue weighted by Crippen LogP contribution is -2.37. The summed E-state index contributed by atoms with van der Waals surface area (Å²) in [5.41, 5.74) is 6.30. The van der Waals surface area contributed by atoms with Crippen LogP contribution in [-0.2, 0) is 6.54 Å². The molecule has 0 bridgehead atoms. The zero-order chi connectivity index (χ0) is 15.4. The van der Waals surface area contributed by atoms with E-state index in [1.807, 2.05) is 18.2 Å². The fraction of sp³-hybridized carbons (Fsp3) is 0.467. The number of benzene rings is 1. The van der Waals surface area contributed by atoms with Gasteiger partial charge in [0.05, 0.1) is 13.7 Å². The molecule has 0 radical (unpaired) electrons. The summed E-state index contributed by atoms with van der Waals surface area (Å²) in [5.74, 6) is 2.28. The van der Waals surface area contributed by atoms with Gasteiger partial charge in [0, 0.05) is 12.1 Å². The van der Waals surface area contributed by atoms with Gasteiger partial charge in [-0.15, -0.1) is 0 Å². The Balaban J connectivity index is 1.84. The van der Waals surface area contributed by atoms with Crippen LogP contribution in [0.2, 0.25) is 0 Å². The third kappa shape index (κ3) is 3.20. The highest BCUT2D eigenvalue weighted by Gasteiger charge is 2.18. The zero-order valence-electron chi connectivity index (χ0n) is 12.5. The van der Waals surface area contributed by atoms with Crippen LogP contribution in [0.3, 0.4) is 0 Å². The number of nitrogens with one attached hydrogen (secondary N) is 1. The molecule has 1 aliphatic rings. The minimum atomic E-state index is 0.141. The smallest absolute Gasteiger partial charge is 0.240 e. The van der Waals surface area contributed by atoms with Gasteiger partial charge in [-0.3, -0.25) is 0 Å². The number of nitrogens with two attached hydrogens (primary N) is 1. The van der Waals surface area contributed by atoms with Gasteiger partial charge in [-0.1, -0.05) is 5.16 Å². The number of aromatic nitrogens is 2. The van der Waals surface area contributed by atoms with Gasteiger partial charge < -0.3 is 25.0 Å². The molecule has 1 atom stereocenters. The van der Waals surface area contributed by atoms with E-state index in [9.17, 15) is 0 Å². The van der Waals surface area contributed by atoms with Crippen LogP contribution in [-0.4, -0.2) is 36.4 Å². The molecule has 22 heavy (non-hydrogen) atoms. The lowest BCUT2D eigenvalue weighted by atomic mass is 10.1. The Morgan fingerprint density at radius 3 is 3.00 bits per heavy atom. The van der Waals surface area contributed by atoms with E-state index >= 15 is 0 Å². The highest BCUT2D eigenvalue weighted by atomic mass is 16.5. The molecule has 1 aliphatic heterocycles. The number of rotatable bonds is 5. The van der Waals surface area contributed by atoms with Crippen LogP contribution >= 0.6 is 0 Å². The molecule has 1 aromatic carbocycles. The summed E-state index contributed by atoms with van der Waals surface area (Å²) in [6.07, 6.45) is 2.28. The maximum absolute atomic E-state index is 6.07. The third-order valence-corrected chi connectivity index (χ3v) is 3.61. The van der Waals surface area contributed by atoms with E-state index < -0.39 is 0 Å². The van der Waals surface area contributed by atoms with Crippen molar-refractivity contribution >= 4 is 0 Å². The lowest BCUT2D eigenvalue weighted by Gasteiger charge is -2.24. The first kappa shape index (κ1) is 14.8. The van der Waals surface area contributed by atoms with Crippen molar-refractivity contribution < 1.29 is 14.0 Å². The monoisotopic (exact) mass is 304 g/mol. The summed E-state index contributed by atoms with van der Waals surface area (Å²) >= 11 is 0. The summed E-state index contributed by atoms with van der Waals surface area (Å²) in [5, 5.41) is 7.26. The molecule has 118 valence electrons. The van der Waals surface area contributed by atoms with Crippen molar-refractivity contribution in [2.75, 3.05) is 20.2 Å². The number of hydrogen-bond acceptors (Lipinski definition) is 7. The first-order valence-corrected chi connectivity index (χ1v) is 7.38. The van der Waals surface area contributed by atoms with Gasteiger partial charge in [0.1, 0.15) is 6.10 Å². The Labute approximate surface area is 128 Å². The molecule has 0 aliphatic carbocycles. The Hall–Kier alpha value is -2.12. The summed E-state index contributed by atoms with van der Waals surface area (Å²) in [6.45, 7) is 2.11. The standard InChI is InChI=1S/C15H20N4O3/c1-20-12-5-4-10(15-18-14(8-16)22-19-15)7-13(12)21-11-3-2-6-17-9-11/h4-5,7,11,17H,2-3,6,8-9,16H2,1H3. The Bertz CT molecular complexity index is 623. The number of hydrogen-bond donors (Lipinski definition) is 2. The predicted molar refractivity (Wildman–Crippen MR) is 80.7 cm³/mol. The SMILES string of the molecule is COc1ccc(-c2noc(CN)n2)cc1OC1CCCNC1. The first-order valence-electron chi connectivity index (χ1n) is 7.38. The van der Waals surface area contributed by atoms with Crippen molar-refractivity contribution in [1.29, 1.82) is 0 Å². The molecule has 1 unspecified atom stereocenters. The molecule has 0 saturated carbocycles. The van der Waals surface area contributed by atoms with Gasteiger partial charge >= 0.3 is 0 Å². The quantitative estimate of drug-likeness (QED) is 0.860. The first-order chi connectivity index (χ1) is 10.8. The molecule has 3 rings (SSSR count). The number of piperidine rings is 1. The van der Waals surface area contributed by atoms with Gasteiger partial charge in [-0.05, 0) is 37.6 Å². The maximum Gasteiger partial charge on any atom is 0.240 e. The fourth-order valence-electron chi connectivity index (χ4n) is 2.46. The number of nitrogens with zero attached hydrogens (tertiary/aromatic N) is 2. The molecule has 3 N–H and O–H groups in total. The van der Waals surface area contributed by atoms with Crippen LogP contribution in [0.25, 0.3) is 11.4 Å². The molecule has 1 saturated heterocycles. The van der Waals surface area contributed by atoms with Gasteiger partial charge in [0.2, 0.25) is 11.7 Å². The molecule has 1 aromatic heterocycles. The minimum absolute atomic E-state index is 0.141. The Kier molecular flexibility index (Phi) is 4.55. The van der Waals surface area contributed by atoms with Gasteiger partial charge in [-0.2, -0.15) is 4.98 Å². The van der Waals surface area contributed by atoms with E-state index in [-0.39, 0.29) is 12.6 Å².